The molecule has 0 radical (unpaired) electrons. The summed E-state index contributed by atoms with van der Waals surface area (Å²) in [6, 6.07) is 14.0. The van der Waals surface area contributed by atoms with Gasteiger partial charge in [0, 0.05) is 12.5 Å². The maximum Gasteiger partial charge on any atom is 0.198 e. The topological polar surface area (TPSA) is 58.7 Å². The number of piperidine rings is 1. The van der Waals surface area contributed by atoms with Gasteiger partial charge in [0.2, 0.25) is 0 Å². The quantitative estimate of drug-likeness (QED) is 0.699. The van der Waals surface area contributed by atoms with Gasteiger partial charge in [-0.15, -0.1) is 0 Å². The zero-order valence-corrected chi connectivity index (χ0v) is 16.6. The third-order valence-electron chi connectivity index (χ3n) is 5.35. The number of fused-ring (bicyclic) bond motifs is 1. The number of hydrogen-bond donors (Lipinski definition) is 1. The first-order valence-electron chi connectivity index (χ1n) is 10.0. The third-order valence-corrected chi connectivity index (χ3v) is 5.35. The second kappa shape index (κ2) is 8.33. The minimum absolute atomic E-state index is 0.313. The summed E-state index contributed by atoms with van der Waals surface area (Å²) < 4.78 is 11.7. The van der Waals surface area contributed by atoms with Crippen molar-refractivity contribution in [3.05, 3.63) is 59.5 Å². The van der Waals surface area contributed by atoms with E-state index in [1.54, 1.807) is 0 Å². The Kier molecular flexibility index (Phi) is 5.64. The van der Waals surface area contributed by atoms with Crippen LogP contribution in [0.15, 0.2) is 46.9 Å². The Balaban J connectivity index is 1.25. The number of ether oxygens (including phenoxy) is 1. The fourth-order valence-corrected chi connectivity index (χ4v) is 3.99. The highest BCUT2D eigenvalue weighted by molar-refractivity contribution is 5.72. The fraction of sp³-hybridized carbons (Fsp3) is 0.435. The number of oxazole rings is 1. The molecule has 0 saturated carbocycles. The third kappa shape index (κ3) is 4.54. The van der Waals surface area contributed by atoms with Crippen LogP contribution in [-0.4, -0.2) is 47.3 Å². The van der Waals surface area contributed by atoms with Crippen molar-refractivity contribution in [3.8, 4) is 5.75 Å². The largest absolute Gasteiger partial charge is 0.491 e. The summed E-state index contributed by atoms with van der Waals surface area (Å²) in [6.07, 6.45) is 1.50. The molecule has 0 aliphatic carbocycles. The summed E-state index contributed by atoms with van der Waals surface area (Å²) in [5, 5.41) is 10.4. The molecule has 28 heavy (non-hydrogen) atoms. The highest BCUT2D eigenvalue weighted by atomic mass is 16.5. The van der Waals surface area contributed by atoms with Crippen LogP contribution in [-0.2, 0) is 0 Å². The van der Waals surface area contributed by atoms with Crippen molar-refractivity contribution >= 4 is 11.1 Å². The Labute approximate surface area is 165 Å². The van der Waals surface area contributed by atoms with Gasteiger partial charge in [-0.2, -0.15) is 0 Å². The van der Waals surface area contributed by atoms with Crippen LogP contribution in [0.1, 0.15) is 35.8 Å². The summed E-state index contributed by atoms with van der Waals surface area (Å²) in [4.78, 5) is 6.95. The van der Waals surface area contributed by atoms with Gasteiger partial charge in [0.25, 0.3) is 0 Å². The van der Waals surface area contributed by atoms with Gasteiger partial charge in [0.15, 0.2) is 11.5 Å². The van der Waals surface area contributed by atoms with E-state index in [9.17, 15) is 5.11 Å². The molecule has 0 spiro atoms. The predicted molar refractivity (Wildman–Crippen MR) is 110 cm³/mol. The van der Waals surface area contributed by atoms with Crippen LogP contribution in [0.25, 0.3) is 11.1 Å². The second-order valence-corrected chi connectivity index (χ2v) is 7.88. The highest BCUT2D eigenvalue weighted by Crippen LogP contribution is 2.30. The van der Waals surface area contributed by atoms with Crippen LogP contribution < -0.4 is 4.74 Å². The summed E-state index contributed by atoms with van der Waals surface area (Å²) in [5.41, 5.74) is 4.13. The van der Waals surface area contributed by atoms with E-state index in [1.807, 2.05) is 36.4 Å². The molecule has 1 saturated heterocycles. The lowest BCUT2D eigenvalue weighted by atomic mass is 9.96. The molecule has 1 atom stereocenters. The standard InChI is InChI=1S/C23H28N2O3/c1-16-11-17(2)13-20(12-16)27-15-19(26)14-25-9-7-18(8-10-25)23-24-21-5-3-4-6-22(21)28-23/h3-6,11-13,18-19,26H,7-10,14-15H2,1-2H3. The molecule has 3 aromatic rings. The maximum atomic E-state index is 10.4. The number of aromatic nitrogens is 1. The first-order valence-corrected chi connectivity index (χ1v) is 10.0. The Morgan fingerprint density at radius 3 is 2.57 bits per heavy atom. The van der Waals surface area contributed by atoms with Crippen LogP contribution in [0.4, 0.5) is 0 Å². The van der Waals surface area contributed by atoms with E-state index >= 15 is 0 Å². The molecule has 0 amide bonds. The first kappa shape index (κ1) is 19.0. The number of nitrogens with zero attached hydrogens (tertiary/aromatic N) is 2. The van der Waals surface area contributed by atoms with E-state index in [4.69, 9.17) is 9.15 Å². The number of benzene rings is 2. The Morgan fingerprint density at radius 1 is 1.14 bits per heavy atom. The molecule has 2 aromatic carbocycles. The number of aliphatic hydroxyl groups excluding tert-OH is 1. The number of aliphatic hydroxyl groups is 1. The van der Waals surface area contributed by atoms with Crippen molar-refractivity contribution in [3.63, 3.8) is 0 Å². The molecule has 1 fully saturated rings. The average Bonchev–Trinajstić information content (AvgIpc) is 3.10. The maximum absolute atomic E-state index is 10.4. The molecule has 0 bridgehead atoms. The Morgan fingerprint density at radius 2 is 1.86 bits per heavy atom. The fourth-order valence-electron chi connectivity index (χ4n) is 3.99. The van der Waals surface area contributed by atoms with Gasteiger partial charge in [-0.05, 0) is 75.2 Å². The molecule has 5 heteroatoms. The number of aryl methyl sites for hydroxylation is 2. The molecule has 1 N–H and O–H groups in total. The van der Waals surface area contributed by atoms with Gasteiger partial charge in [0.05, 0.1) is 0 Å². The lowest BCUT2D eigenvalue weighted by Crippen LogP contribution is -2.40. The number of hydrogen-bond acceptors (Lipinski definition) is 5. The number of para-hydroxylation sites is 2. The van der Waals surface area contributed by atoms with Crippen LogP contribution >= 0.6 is 0 Å². The molecular weight excluding hydrogens is 352 g/mol. The summed E-state index contributed by atoms with van der Waals surface area (Å²) in [6.45, 7) is 6.92. The molecule has 1 aliphatic rings. The number of β-amino-alcohol motifs (C(OH)–C–C–N with tert-alkyl or cyclic N) is 1. The summed E-state index contributed by atoms with van der Waals surface area (Å²) in [7, 11) is 0. The zero-order valence-electron chi connectivity index (χ0n) is 16.6. The van der Waals surface area contributed by atoms with E-state index in [0.717, 1.165) is 48.7 Å². The average molecular weight is 380 g/mol. The van der Waals surface area contributed by atoms with Gasteiger partial charge in [0.1, 0.15) is 24.0 Å². The lowest BCUT2D eigenvalue weighted by molar-refractivity contribution is 0.0583. The second-order valence-electron chi connectivity index (χ2n) is 7.88. The smallest absolute Gasteiger partial charge is 0.198 e. The SMILES string of the molecule is Cc1cc(C)cc(OCC(O)CN2CCC(c3nc4ccccc4o3)CC2)c1. The van der Waals surface area contributed by atoms with Crippen molar-refractivity contribution in [2.75, 3.05) is 26.2 Å². The summed E-state index contributed by atoms with van der Waals surface area (Å²) >= 11 is 0. The Bertz CT molecular complexity index is 875. The van der Waals surface area contributed by atoms with E-state index in [1.165, 1.54) is 11.1 Å². The van der Waals surface area contributed by atoms with Crippen LogP contribution in [0.5, 0.6) is 5.75 Å². The van der Waals surface area contributed by atoms with Crippen LogP contribution in [0, 0.1) is 13.8 Å². The molecule has 1 aromatic heterocycles. The van der Waals surface area contributed by atoms with Crippen LogP contribution in [0.3, 0.4) is 0 Å². The summed E-state index contributed by atoms with van der Waals surface area (Å²) in [5.74, 6) is 2.03. The van der Waals surface area contributed by atoms with Crippen molar-refractivity contribution < 1.29 is 14.3 Å². The lowest BCUT2D eigenvalue weighted by Gasteiger charge is -2.31. The number of rotatable bonds is 6. The van der Waals surface area contributed by atoms with Gasteiger partial charge in [-0.1, -0.05) is 18.2 Å². The van der Waals surface area contributed by atoms with Crippen molar-refractivity contribution in [1.82, 2.24) is 9.88 Å². The molecule has 148 valence electrons. The molecule has 1 aliphatic heterocycles. The monoisotopic (exact) mass is 380 g/mol. The predicted octanol–water partition coefficient (Wildman–Crippen LogP) is 4.06. The van der Waals surface area contributed by atoms with Crippen molar-refractivity contribution in [2.45, 2.75) is 38.7 Å². The van der Waals surface area contributed by atoms with Gasteiger partial charge in [-0.25, -0.2) is 4.98 Å². The molecule has 2 heterocycles. The molecule has 4 rings (SSSR count). The molecule has 1 unspecified atom stereocenters. The zero-order chi connectivity index (χ0) is 19.5. The minimum Gasteiger partial charge on any atom is -0.491 e. The molecular formula is C23H28N2O3. The number of likely N-dealkylation sites (tertiary alicyclic amines) is 1. The van der Waals surface area contributed by atoms with E-state index < -0.39 is 6.10 Å². The highest BCUT2D eigenvalue weighted by Gasteiger charge is 2.25. The van der Waals surface area contributed by atoms with Gasteiger partial charge < -0.3 is 19.2 Å². The normalized spacial score (nSPS) is 17.1. The molecule has 5 nitrogen and oxygen atoms in total. The Hall–Kier alpha value is -2.37. The van der Waals surface area contributed by atoms with E-state index in [-0.39, 0.29) is 0 Å². The first-order chi connectivity index (χ1) is 13.6. The van der Waals surface area contributed by atoms with E-state index in [0.29, 0.717) is 19.1 Å². The van der Waals surface area contributed by atoms with Gasteiger partial charge in [-0.3, -0.25) is 0 Å². The van der Waals surface area contributed by atoms with E-state index in [2.05, 4.69) is 29.8 Å². The van der Waals surface area contributed by atoms with Crippen molar-refractivity contribution in [2.24, 2.45) is 0 Å². The van der Waals surface area contributed by atoms with Crippen molar-refractivity contribution in [1.29, 1.82) is 0 Å². The minimum atomic E-state index is -0.498. The van der Waals surface area contributed by atoms with Crippen LogP contribution in [0.2, 0.25) is 0 Å². The van der Waals surface area contributed by atoms with Gasteiger partial charge >= 0.3 is 0 Å².